The molecule has 2 heteroatoms. The van der Waals surface area contributed by atoms with Crippen LogP contribution in [0.5, 0.6) is 0 Å². The van der Waals surface area contributed by atoms with Crippen LogP contribution in [0.25, 0.3) is 10.1 Å². The van der Waals surface area contributed by atoms with Gasteiger partial charge in [-0.05, 0) is 28.0 Å². The molecule has 1 aromatic heterocycles. The van der Waals surface area contributed by atoms with Gasteiger partial charge in [0.25, 0.3) is 0 Å². The SMILES string of the molecule is c1ccc(CNCc2cccc3ccsc23)cc1. The van der Waals surface area contributed by atoms with Crippen molar-refractivity contribution in [2.45, 2.75) is 13.1 Å². The first-order valence-corrected chi connectivity index (χ1v) is 7.01. The molecule has 3 rings (SSSR count). The monoisotopic (exact) mass is 253 g/mol. The van der Waals surface area contributed by atoms with Gasteiger partial charge in [-0.25, -0.2) is 0 Å². The summed E-state index contributed by atoms with van der Waals surface area (Å²) in [6, 6.07) is 19.2. The van der Waals surface area contributed by atoms with E-state index in [4.69, 9.17) is 0 Å². The lowest BCUT2D eigenvalue weighted by Crippen LogP contribution is -2.12. The highest BCUT2D eigenvalue weighted by Crippen LogP contribution is 2.24. The Hall–Kier alpha value is -1.64. The third kappa shape index (κ3) is 2.45. The highest BCUT2D eigenvalue weighted by atomic mass is 32.1. The summed E-state index contributed by atoms with van der Waals surface area (Å²) in [4.78, 5) is 0. The van der Waals surface area contributed by atoms with Gasteiger partial charge in [0.05, 0.1) is 0 Å². The van der Waals surface area contributed by atoms with E-state index in [0.717, 1.165) is 13.1 Å². The summed E-state index contributed by atoms with van der Waals surface area (Å²) in [5, 5.41) is 7.01. The first kappa shape index (κ1) is 11.5. The third-order valence-corrected chi connectivity index (χ3v) is 4.05. The third-order valence-electron chi connectivity index (χ3n) is 3.05. The number of hydrogen-bond acceptors (Lipinski definition) is 2. The van der Waals surface area contributed by atoms with Crippen LogP contribution in [0.3, 0.4) is 0 Å². The van der Waals surface area contributed by atoms with E-state index in [1.165, 1.54) is 21.2 Å². The summed E-state index contributed by atoms with van der Waals surface area (Å²) < 4.78 is 1.40. The molecule has 0 fully saturated rings. The molecule has 1 nitrogen and oxygen atoms in total. The summed E-state index contributed by atoms with van der Waals surface area (Å²) in [6.45, 7) is 1.84. The van der Waals surface area contributed by atoms with E-state index in [-0.39, 0.29) is 0 Å². The molecule has 0 saturated heterocycles. The number of thiophene rings is 1. The smallest absolute Gasteiger partial charge is 0.0387 e. The summed E-state index contributed by atoms with van der Waals surface area (Å²) in [5.41, 5.74) is 2.72. The van der Waals surface area contributed by atoms with E-state index in [1.54, 1.807) is 0 Å². The molecule has 0 aliphatic rings. The predicted molar refractivity (Wildman–Crippen MR) is 78.8 cm³/mol. The fourth-order valence-corrected chi connectivity index (χ4v) is 3.05. The number of fused-ring (bicyclic) bond motifs is 1. The van der Waals surface area contributed by atoms with E-state index < -0.39 is 0 Å². The van der Waals surface area contributed by atoms with Gasteiger partial charge >= 0.3 is 0 Å². The Labute approximate surface area is 111 Å². The largest absolute Gasteiger partial charge is 0.309 e. The lowest BCUT2D eigenvalue weighted by Gasteiger charge is -2.06. The first-order valence-electron chi connectivity index (χ1n) is 6.13. The standard InChI is InChI=1S/C16H15NS/c1-2-5-13(6-3-1)11-17-12-15-8-4-7-14-9-10-18-16(14)15/h1-10,17H,11-12H2. The van der Waals surface area contributed by atoms with Crippen LogP contribution in [-0.2, 0) is 13.1 Å². The Morgan fingerprint density at radius 1 is 0.833 bits per heavy atom. The van der Waals surface area contributed by atoms with Gasteiger partial charge in [-0.1, -0.05) is 48.5 Å². The molecule has 1 N–H and O–H groups in total. The molecule has 0 amide bonds. The van der Waals surface area contributed by atoms with Gasteiger partial charge in [0.15, 0.2) is 0 Å². The number of nitrogens with one attached hydrogen (secondary N) is 1. The van der Waals surface area contributed by atoms with Crippen molar-refractivity contribution in [2.24, 2.45) is 0 Å². The molecule has 0 atom stereocenters. The summed E-state index contributed by atoms with van der Waals surface area (Å²) in [6.07, 6.45) is 0. The van der Waals surface area contributed by atoms with Crippen LogP contribution >= 0.6 is 11.3 Å². The fourth-order valence-electron chi connectivity index (χ4n) is 2.13. The zero-order valence-corrected chi connectivity index (χ0v) is 10.9. The number of benzene rings is 2. The van der Waals surface area contributed by atoms with E-state index in [9.17, 15) is 0 Å². The summed E-state index contributed by atoms with van der Waals surface area (Å²) in [7, 11) is 0. The normalized spacial score (nSPS) is 10.9. The molecule has 0 bridgehead atoms. The van der Waals surface area contributed by atoms with Gasteiger partial charge in [0.2, 0.25) is 0 Å². The molecule has 0 unspecified atom stereocenters. The summed E-state index contributed by atoms with van der Waals surface area (Å²) in [5.74, 6) is 0. The van der Waals surface area contributed by atoms with Crippen LogP contribution in [-0.4, -0.2) is 0 Å². The quantitative estimate of drug-likeness (QED) is 0.735. The van der Waals surface area contributed by atoms with Gasteiger partial charge in [-0.15, -0.1) is 11.3 Å². The van der Waals surface area contributed by atoms with E-state index in [2.05, 4.69) is 65.3 Å². The predicted octanol–water partition coefficient (Wildman–Crippen LogP) is 4.19. The second-order valence-electron chi connectivity index (χ2n) is 4.35. The Morgan fingerprint density at radius 3 is 2.61 bits per heavy atom. The molecule has 0 aliphatic carbocycles. The molecular weight excluding hydrogens is 238 g/mol. The van der Waals surface area contributed by atoms with Crippen LogP contribution in [0.4, 0.5) is 0 Å². The van der Waals surface area contributed by atoms with Gasteiger partial charge in [0, 0.05) is 17.8 Å². The highest BCUT2D eigenvalue weighted by Gasteiger charge is 2.01. The van der Waals surface area contributed by atoms with Gasteiger partial charge in [-0.3, -0.25) is 0 Å². The second kappa shape index (κ2) is 5.34. The molecule has 0 aliphatic heterocycles. The molecule has 3 aromatic rings. The zero-order valence-electron chi connectivity index (χ0n) is 10.1. The highest BCUT2D eigenvalue weighted by molar-refractivity contribution is 7.17. The van der Waals surface area contributed by atoms with Crippen molar-refractivity contribution in [3.63, 3.8) is 0 Å². The van der Waals surface area contributed by atoms with Crippen LogP contribution in [0.1, 0.15) is 11.1 Å². The maximum absolute atomic E-state index is 3.51. The average molecular weight is 253 g/mol. The van der Waals surface area contributed by atoms with Crippen molar-refractivity contribution in [3.8, 4) is 0 Å². The van der Waals surface area contributed by atoms with Crippen LogP contribution in [0, 0.1) is 0 Å². The van der Waals surface area contributed by atoms with Crippen molar-refractivity contribution in [2.75, 3.05) is 0 Å². The second-order valence-corrected chi connectivity index (χ2v) is 5.26. The first-order chi connectivity index (χ1) is 8.93. The maximum Gasteiger partial charge on any atom is 0.0387 e. The maximum atomic E-state index is 3.51. The van der Waals surface area contributed by atoms with Crippen molar-refractivity contribution in [3.05, 3.63) is 71.1 Å². The van der Waals surface area contributed by atoms with Crippen molar-refractivity contribution in [1.82, 2.24) is 5.32 Å². The molecule has 0 radical (unpaired) electrons. The van der Waals surface area contributed by atoms with Crippen LogP contribution < -0.4 is 5.32 Å². The van der Waals surface area contributed by atoms with Gasteiger partial charge in [0.1, 0.15) is 0 Å². The minimum atomic E-state index is 0.919. The minimum absolute atomic E-state index is 0.919. The van der Waals surface area contributed by atoms with Crippen molar-refractivity contribution in [1.29, 1.82) is 0 Å². The molecular formula is C16H15NS. The number of hydrogen-bond donors (Lipinski definition) is 1. The zero-order chi connectivity index (χ0) is 12.2. The Kier molecular flexibility index (Phi) is 3.40. The lowest BCUT2D eigenvalue weighted by atomic mass is 10.1. The molecule has 90 valence electrons. The molecule has 0 spiro atoms. The molecule has 1 heterocycles. The summed E-state index contributed by atoms with van der Waals surface area (Å²) >= 11 is 1.82. The van der Waals surface area contributed by atoms with Gasteiger partial charge < -0.3 is 5.32 Å². The fraction of sp³-hybridized carbons (Fsp3) is 0.125. The van der Waals surface area contributed by atoms with Crippen LogP contribution in [0.15, 0.2) is 60.0 Å². The number of rotatable bonds is 4. The Morgan fingerprint density at radius 2 is 1.72 bits per heavy atom. The van der Waals surface area contributed by atoms with Crippen LogP contribution in [0.2, 0.25) is 0 Å². The van der Waals surface area contributed by atoms with E-state index in [1.807, 2.05) is 11.3 Å². The topological polar surface area (TPSA) is 12.0 Å². The van der Waals surface area contributed by atoms with Crippen molar-refractivity contribution >= 4 is 21.4 Å². The Balaban J connectivity index is 1.68. The molecule has 18 heavy (non-hydrogen) atoms. The molecule has 2 aromatic carbocycles. The van der Waals surface area contributed by atoms with E-state index in [0.29, 0.717) is 0 Å². The van der Waals surface area contributed by atoms with Crippen molar-refractivity contribution < 1.29 is 0 Å². The lowest BCUT2D eigenvalue weighted by molar-refractivity contribution is 0.697. The molecule has 0 saturated carbocycles. The average Bonchev–Trinajstić information content (AvgIpc) is 2.89. The van der Waals surface area contributed by atoms with Gasteiger partial charge in [-0.2, -0.15) is 0 Å². The minimum Gasteiger partial charge on any atom is -0.309 e. The Bertz CT molecular complexity index is 628. The van der Waals surface area contributed by atoms with E-state index >= 15 is 0 Å².